The Kier molecular flexibility index (Phi) is 4.99. The molecule has 0 spiro atoms. The Labute approximate surface area is 184 Å². The van der Waals surface area contributed by atoms with Crippen molar-refractivity contribution in [3.63, 3.8) is 0 Å². The average Bonchev–Trinajstić information content (AvgIpc) is 3.30. The van der Waals surface area contributed by atoms with Gasteiger partial charge in [-0.25, -0.2) is 4.98 Å². The number of fused-ring (bicyclic) bond motifs is 2. The highest BCUT2D eigenvalue weighted by atomic mass is 16.7. The zero-order chi connectivity index (χ0) is 22.1. The quantitative estimate of drug-likeness (QED) is 0.472. The molecule has 0 amide bonds. The van der Waals surface area contributed by atoms with E-state index in [1.165, 1.54) is 4.57 Å². The van der Waals surface area contributed by atoms with Crippen LogP contribution >= 0.6 is 0 Å². The summed E-state index contributed by atoms with van der Waals surface area (Å²) in [6, 6.07) is 18.2. The van der Waals surface area contributed by atoms with Crippen LogP contribution in [-0.2, 0) is 0 Å². The molecule has 0 fully saturated rings. The van der Waals surface area contributed by atoms with Crippen LogP contribution in [0.1, 0.15) is 11.4 Å². The molecule has 0 unspecified atom stereocenters. The van der Waals surface area contributed by atoms with Crippen LogP contribution in [0.4, 0.5) is 0 Å². The van der Waals surface area contributed by atoms with Crippen LogP contribution in [0.2, 0.25) is 0 Å². The summed E-state index contributed by atoms with van der Waals surface area (Å²) in [5.74, 6) is 2.99. The zero-order valence-electron chi connectivity index (χ0n) is 17.6. The largest absolute Gasteiger partial charge is 0.497 e. The van der Waals surface area contributed by atoms with Gasteiger partial charge in [0.2, 0.25) is 6.79 Å². The molecule has 1 aliphatic heterocycles. The molecule has 3 aromatic carbocycles. The zero-order valence-corrected chi connectivity index (χ0v) is 17.6. The van der Waals surface area contributed by atoms with E-state index in [2.05, 4.69) is 0 Å². The summed E-state index contributed by atoms with van der Waals surface area (Å²) in [4.78, 5) is 18.3. The molecule has 7 heteroatoms. The first-order valence-corrected chi connectivity index (χ1v) is 10.00. The number of methoxy groups -OCH3 is 2. The van der Waals surface area contributed by atoms with Gasteiger partial charge in [-0.05, 0) is 48.0 Å². The summed E-state index contributed by atoms with van der Waals surface area (Å²) in [6.45, 7) is 0.212. The van der Waals surface area contributed by atoms with E-state index in [4.69, 9.17) is 23.9 Å². The Balaban J connectivity index is 1.71. The summed E-state index contributed by atoms with van der Waals surface area (Å²) >= 11 is 0. The van der Waals surface area contributed by atoms with Gasteiger partial charge in [0.1, 0.15) is 17.3 Å². The van der Waals surface area contributed by atoms with Gasteiger partial charge >= 0.3 is 0 Å². The molecule has 0 radical (unpaired) electrons. The summed E-state index contributed by atoms with van der Waals surface area (Å²) < 4.78 is 23.3. The Morgan fingerprint density at radius 1 is 0.938 bits per heavy atom. The van der Waals surface area contributed by atoms with Crippen molar-refractivity contribution in [2.24, 2.45) is 0 Å². The van der Waals surface area contributed by atoms with E-state index < -0.39 is 0 Å². The standard InChI is InChI=1S/C25H20N2O5/c1-29-17-9-11-21(30-2)20(14-17)27-24(26-19-6-4-3-5-18(19)25(27)28)12-8-16-7-10-22-23(13-16)32-15-31-22/h3-14H,15H2,1-2H3. The van der Waals surface area contributed by atoms with E-state index >= 15 is 0 Å². The fourth-order valence-electron chi connectivity index (χ4n) is 3.65. The number of hydrogen-bond donors (Lipinski definition) is 0. The molecule has 0 bridgehead atoms. The molecule has 2 heterocycles. The second-order valence-corrected chi connectivity index (χ2v) is 7.11. The highest BCUT2D eigenvalue weighted by molar-refractivity contribution is 5.80. The monoisotopic (exact) mass is 428 g/mol. The molecule has 0 saturated heterocycles. The summed E-state index contributed by atoms with van der Waals surface area (Å²) in [7, 11) is 3.14. The molecule has 0 atom stereocenters. The summed E-state index contributed by atoms with van der Waals surface area (Å²) in [6.07, 6.45) is 3.67. The van der Waals surface area contributed by atoms with Gasteiger partial charge in [-0.15, -0.1) is 0 Å². The minimum Gasteiger partial charge on any atom is -0.497 e. The maximum atomic E-state index is 13.5. The normalized spacial score (nSPS) is 12.4. The van der Waals surface area contributed by atoms with Crippen molar-refractivity contribution < 1.29 is 18.9 Å². The topological polar surface area (TPSA) is 71.8 Å². The number of aromatic nitrogens is 2. The third-order valence-corrected chi connectivity index (χ3v) is 5.25. The Morgan fingerprint density at radius 2 is 1.78 bits per heavy atom. The van der Waals surface area contributed by atoms with Crippen LogP contribution in [-0.4, -0.2) is 30.6 Å². The Hall–Kier alpha value is -4.26. The lowest BCUT2D eigenvalue weighted by Gasteiger charge is -2.15. The van der Waals surface area contributed by atoms with Crippen LogP contribution in [0.3, 0.4) is 0 Å². The molecule has 32 heavy (non-hydrogen) atoms. The van der Waals surface area contributed by atoms with Crippen molar-refractivity contribution in [3.05, 3.63) is 82.4 Å². The first kappa shape index (κ1) is 19.7. The highest BCUT2D eigenvalue weighted by Gasteiger charge is 2.16. The summed E-state index contributed by atoms with van der Waals surface area (Å²) in [5.41, 5.74) is 1.84. The van der Waals surface area contributed by atoms with Gasteiger partial charge in [-0.3, -0.25) is 9.36 Å². The molecule has 0 N–H and O–H groups in total. The highest BCUT2D eigenvalue weighted by Crippen LogP contribution is 2.33. The Morgan fingerprint density at radius 3 is 2.62 bits per heavy atom. The number of nitrogens with zero attached hydrogens (tertiary/aromatic N) is 2. The van der Waals surface area contributed by atoms with E-state index in [0.29, 0.717) is 45.4 Å². The second kappa shape index (κ2) is 8.11. The maximum absolute atomic E-state index is 13.5. The molecule has 0 saturated carbocycles. The van der Waals surface area contributed by atoms with Crippen LogP contribution in [0, 0.1) is 0 Å². The lowest BCUT2D eigenvalue weighted by Crippen LogP contribution is -2.23. The van der Waals surface area contributed by atoms with E-state index in [-0.39, 0.29) is 12.4 Å². The number of hydrogen-bond acceptors (Lipinski definition) is 6. The summed E-state index contributed by atoms with van der Waals surface area (Å²) in [5, 5.41) is 0.512. The smallest absolute Gasteiger partial charge is 0.266 e. The molecule has 4 aromatic rings. The fraction of sp³-hybridized carbons (Fsp3) is 0.120. The van der Waals surface area contributed by atoms with Gasteiger partial charge in [0, 0.05) is 6.07 Å². The number of benzene rings is 3. The van der Waals surface area contributed by atoms with Crippen molar-refractivity contribution in [1.29, 1.82) is 0 Å². The Bertz CT molecular complexity index is 1410. The van der Waals surface area contributed by atoms with Crippen molar-refractivity contribution in [2.75, 3.05) is 21.0 Å². The van der Waals surface area contributed by atoms with Gasteiger partial charge in [-0.2, -0.15) is 0 Å². The van der Waals surface area contributed by atoms with Crippen LogP contribution in [0.15, 0.2) is 65.5 Å². The van der Waals surface area contributed by atoms with E-state index in [9.17, 15) is 4.79 Å². The molecule has 160 valence electrons. The SMILES string of the molecule is COc1ccc(OC)c(-n2c(C=Cc3ccc4c(c3)OCO4)nc3ccccc3c2=O)c1. The molecule has 7 nitrogen and oxygen atoms in total. The van der Waals surface area contributed by atoms with Crippen molar-refractivity contribution >= 4 is 23.1 Å². The van der Waals surface area contributed by atoms with E-state index in [0.717, 1.165) is 5.56 Å². The molecular weight excluding hydrogens is 408 g/mol. The van der Waals surface area contributed by atoms with Gasteiger partial charge in [-0.1, -0.05) is 24.3 Å². The molecular formula is C25H20N2O5. The van der Waals surface area contributed by atoms with E-state index in [1.807, 2.05) is 42.5 Å². The van der Waals surface area contributed by atoms with Crippen LogP contribution in [0.25, 0.3) is 28.7 Å². The lowest BCUT2D eigenvalue weighted by atomic mass is 10.1. The molecule has 1 aliphatic rings. The van der Waals surface area contributed by atoms with E-state index in [1.54, 1.807) is 44.6 Å². The van der Waals surface area contributed by atoms with Crippen molar-refractivity contribution in [2.45, 2.75) is 0 Å². The predicted octanol–water partition coefficient (Wildman–Crippen LogP) is 4.30. The number of rotatable bonds is 5. The number of ether oxygens (including phenoxy) is 4. The minimum atomic E-state index is -0.201. The first-order valence-electron chi connectivity index (χ1n) is 10.00. The van der Waals surface area contributed by atoms with Crippen molar-refractivity contribution in [3.8, 4) is 28.7 Å². The average molecular weight is 428 g/mol. The van der Waals surface area contributed by atoms with Gasteiger partial charge in [0.25, 0.3) is 5.56 Å². The third-order valence-electron chi connectivity index (χ3n) is 5.25. The molecule has 0 aliphatic carbocycles. The van der Waals surface area contributed by atoms with Gasteiger partial charge in [0.15, 0.2) is 11.5 Å². The van der Waals surface area contributed by atoms with Gasteiger partial charge < -0.3 is 18.9 Å². The minimum absolute atomic E-state index is 0.201. The fourth-order valence-corrected chi connectivity index (χ4v) is 3.65. The molecule has 1 aromatic heterocycles. The van der Waals surface area contributed by atoms with Crippen LogP contribution in [0.5, 0.6) is 23.0 Å². The first-order chi connectivity index (χ1) is 15.7. The molecule has 5 rings (SSSR count). The van der Waals surface area contributed by atoms with Gasteiger partial charge in [0.05, 0.1) is 30.8 Å². The second-order valence-electron chi connectivity index (χ2n) is 7.11. The van der Waals surface area contributed by atoms with Crippen molar-refractivity contribution in [1.82, 2.24) is 9.55 Å². The predicted molar refractivity (Wildman–Crippen MR) is 122 cm³/mol. The maximum Gasteiger partial charge on any atom is 0.266 e. The third kappa shape index (κ3) is 3.43. The number of para-hydroxylation sites is 1. The van der Waals surface area contributed by atoms with Crippen LogP contribution < -0.4 is 24.5 Å². The lowest BCUT2D eigenvalue weighted by molar-refractivity contribution is 0.174.